The van der Waals surface area contributed by atoms with E-state index in [0.717, 1.165) is 30.0 Å². The van der Waals surface area contributed by atoms with Crippen LogP contribution in [0.15, 0.2) is 24.5 Å². The van der Waals surface area contributed by atoms with E-state index < -0.39 is 0 Å². The summed E-state index contributed by atoms with van der Waals surface area (Å²) in [5, 5.41) is 3.28. The molecule has 0 aliphatic rings. The molecule has 1 N–H and O–H groups in total. The van der Waals surface area contributed by atoms with Crippen molar-refractivity contribution in [1.29, 1.82) is 0 Å². The van der Waals surface area contributed by atoms with Gasteiger partial charge in [0, 0.05) is 12.1 Å². The summed E-state index contributed by atoms with van der Waals surface area (Å²) in [6, 6.07) is 6.33. The zero-order valence-electron chi connectivity index (χ0n) is 12.5. The van der Waals surface area contributed by atoms with Crippen molar-refractivity contribution >= 4 is 5.82 Å². The van der Waals surface area contributed by atoms with E-state index in [1.165, 1.54) is 11.1 Å². The van der Waals surface area contributed by atoms with Crippen LogP contribution in [0.25, 0.3) is 11.3 Å². The van der Waals surface area contributed by atoms with Crippen LogP contribution in [0.1, 0.15) is 24.5 Å². The summed E-state index contributed by atoms with van der Waals surface area (Å²) in [5.41, 5.74) is 4.30. The van der Waals surface area contributed by atoms with Gasteiger partial charge in [-0.2, -0.15) is 0 Å². The van der Waals surface area contributed by atoms with Crippen molar-refractivity contribution < 1.29 is 4.74 Å². The second-order valence-corrected chi connectivity index (χ2v) is 4.85. The monoisotopic (exact) mass is 271 g/mol. The number of hydrogen-bond acceptors (Lipinski definition) is 4. The predicted octanol–water partition coefficient (Wildman–Crippen LogP) is 3.59. The fourth-order valence-corrected chi connectivity index (χ4v) is 2.12. The van der Waals surface area contributed by atoms with Crippen LogP contribution in [-0.4, -0.2) is 23.6 Å². The van der Waals surface area contributed by atoms with Crippen molar-refractivity contribution in [3.05, 3.63) is 35.7 Å². The molecule has 1 heterocycles. The number of aromatic nitrogens is 2. The van der Waals surface area contributed by atoms with Gasteiger partial charge in [0.2, 0.25) is 0 Å². The summed E-state index contributed by atoms with van der Waals surface area (Å²) in [6.07, 6.45) is 2.61. The van der Waals surface area contributed by atoms with Gasteiger partial charge < -0.3 is 10.1 Å². The molecular weight excluding hydrogens is 250 g/mol. The van der Waals surface area contributed by atoms with Crippen molar-refractivity contribution in [3.8, 4) is 17.0 Å². The van der Waals surface area contributed by atoms with E-state index in [2.05, 4.69) is 54.3 Å². The Morgan fingerprint density at radius 3 is 2.70 bits per heavy atom. The SMILES string of the molecule is CCCNc1ncnc(-c2cc(C)ccc2C)c1OC. The number of aryl methyl sites for hydroxylation is 2. The lowest BCUT2D eigenvalue weighted by molar-refractivity contribution is 0.414. The third-order valence-electron chi connectivity index (χ3n) is 3.20. The maximum Gasteiger partial charge on any atom is 0.187 e. The number of anilines is 1. The van der Waals surface area contributed by atoms with Crippen molar-refractivity contribution in [2.45, 2.75) is 27.2 Å². The second kappa shape index (κ2) is 6.37. The zero-order valence-corrected chi connectivity index (χ0v) is 12.5. The van der Waals surface area contributed by atoms with E-state index in [-0.39, 0.29) is 0 Å². The first-order valence-electron chi connectivity index (χ1n) is 6.87. The van der Waals surface area contributed by atoms with Gasteiger partial charge in [0.05, 0.1) is 7.11 Å². The van der Waals surface area contributed by atoms with Crippen molar-refractivity contribution in [2.24, 2.45) is 0 Å². The van der Waals surface area contributed by atoms with Crippen LogP contribution in [0.4, 0.5) is 5.82 Å². The van der Waals surface area contributed by atoms with Gasteiger partial charge in [-0.25, -0.2) is 9.97 Å². The molecule has 2 aromatic rings. The molecule has 0 bridgehead atoms. The zero-order chi connectivity index (χ0) is 14.5. The van der Waals surface area contributed by atoms with Crippen molar-refractivity contribution in [2.75, 3.05) is 19.0 Å². The highest BCUT2D eigenvalue weighted by molar-refractivity contribution is 5.75. The molecule has 0 aliphatic carbocycles. The molecule has 106 valence electrons. The largest absolute Gasteiger partial charge is 0.491 e. The number of ether oxygens (including phenoxy) is 1. The molecule has 2 rings (SSSR count). The number of nitrogens with zero attached hydrogens (tertiary/aromatic N) is 2. The number of benzene rings is 1. The first-order chi connectivity index (χ1) is 9.67. The molecular formula is C16H21N3O. The average Bonchev–Trinajstić information content (AvgIpc) is 2.47. The first kappa shape index (κ1) is 14.3. The molecule has 0 aliphatic heterocycles. The number of methoxy groups -OCH3 is 1. The van der Waals surface area contributed by atoms with E-state index in [0.29, 0.717) is 5.75 Å². The Bertz CT molecular complexity index is 596. The molecule has 4 nitrogen and oxygen atoms in total. The quantitative estimate of drug-likeness (QED) is 0.902. The molecule has 0 radical (unpaired) electrons. The van der Waals surface area contributed by atoms with E-state index in [1.807, 2.05) is 0 Å². The topological polar surface area (TPSA) is 47.0 Å². The molecule has 0 fully saturated rings. The van der Waals surface area contributed by atoms with Crippen LogP contribution in [0.2, 0.25) is 0 Å². The summed E-state index contributed by atoms with van der Waals surface area (Å²) in [4.78, 5) is 8.69. The highest BCUT2D eigenvalue weighted by Crippen LogP contribution is 2.34. The van der Waals surface area contributed by atoms with Crippen LogP contribution in [0.3, 0.4) is 0 Å². The Kier molecular flexibility index (Phi) is 4.56. The van der Waals surface area contributed by atoms with Crippen molar-refractivity contribution in [3.63, 3.8) is 0 Å². The van der Waals surface area contributed by atoms with Crippen LogP contribution >= 0.6 is 0 Å². The fourth-order valence-electron chi connectivity index (χ4n) is 2.12. The third-order valence-corrected chi connectivity index (χ3v) is 3.20. The fraction of sp³-hybridized carbons (Fsp3) is 0.375. The molecule has 1 aromatic carbocycles. The third kappa shape index (κ3) is 2.90. The van der Waals surface area contributed by atoms with Gasteiger partial charge in [0.15, 0.2) is 11.6 Å². The van der Waals surface area contributed by atoms with Crippen LogP contribution in [0.5, 0.6) is 5.75 Å². The lowest BCUT2D eigenvalue weighted by Gasteiger charge is -2.14. The smallest absolute Gasteiger partial charge is 0.187 e. The molecule has 20 heavy (non-hydrogen) atoms. The average molecular weight is 271 g/mol. The van der Waals surface area contributed by atoms with Crippen LogP contribution in [0, 0.1) is 13.8 Å². The Labute approximate surface area is 120 Å². The number of hydrogen-bond donors (Lipinski definition) is 1. The van der Waals surface area contributed by atoms with Crippen LogP contribution < -0.4 is 10.1 Å². The Morgan fingerprint density at radius 1 is 1.20 bits per heavy atom. The van der Waals surface area contributed by atoms with E-state index in [9.17, 15) is 0 Å². The minimum Gasteiger partial charge on any atom is -0.491 e. The number of nitrogens with one attached hydrogen (secondary N) is 1. The summed E-state index contributed by atoms with van der Waals surface area (Å²) in [5.74, 6) is 1.45. The molecule has 0 unspecified atom stereocenters. The molecule has 4 heteroatoms. The molecule has 0 saturated carbocycles. The molecule has 0 atom stereocenters. The van der Waals surface area contributed by atoms with E-state index in [1.54, 1.807) is 13.4 Å². The van der Waals surface area contributed by atoms with Gasteiger partial charge in [0.25, 0.3) is 0 Å². The first-order valence-corrected chi connectivity index (χ1v) is 6.87. The maximum atomic E-state index is 5.54. The lowest BCUT2D eigenvalue weighted by Crippen LogP contribution is -2.06. The van der Waals surface area contributed by atoms with Crippen molar-refractivity contribution in [1.82, 2.24) is 9.97 Å². The normalized spacial score (nSPS) is 10.4. The van der Waals surface area contributed by atoms with Gasteiger partial charge in [-0.1, -0.05) is 24.6 Å². The predicted molar refractivity (Wildman–Crippen MR) is 82.3 cm³/mol. The van der Waals surface area contributed by atoms with Crippen LogP contribution in [-0.2, 0) is 0 Å². The summed E-state index contributed by atoms with van der Waals surface area (Å²) >= 11 is 0. The van der Waals surface area contributed by atoms with Gasteiger partial charge in [-0.05, 0) is 31.9 Å². The minimum absolute atomic E-state index is 0.703. The Morgan fingerprint density at radius 2 is 2.00 bits per heavy atom. The highest BCUT2D eigenvalue weighted by atomic mass is 16.5. The standard InChI is InChI=1S/C16H21N3O/c1-5-8-17-16-15(20-4)14(18-10-19-16)13-9-11(2)6-7-12(13)3/h6-7,9-10H,5,8H2,1-4H3,(H,17,18,19). The van der Waals surface area contributed by atoms with Gasteiger partial charge in [-0.3, -0.25) is 0 Å². The van der Waals surface area contributed by atoms with Gasteiger partial charge in [0.1, 0.15) is 12.0 Å². The second-order valence-electron chi connectivity index (χ2n) is 4.85. The summed E-state index contributed by atoms with van der Waals surface area (Å²) in [6.45, 7) is 7.13. The maximum absolute atomic E-state index is 5.54. The van der Waals surface area contributed by atoms with Gasteiger partial charge in [-0.15, -0.1) is 0 Å². The summed E-state index contributed by atoms with van der Waals surface area (Å²) < 4.78 is 5.54. The van der Waals surface area contributed by atoms with Gasteiger partial charge >= 0.3 is 0 Å². The Balaban J connectivity index is 2.53. The number of rotatable bonds is 5. The molecule has 1 aromatic heterocycles. The van der Waals surface area contributed by atoms with E-state index >= 15 is 0 Å². The molecule has 0 amide bonds. The minimum atomic E-state index is 0.703. The highest BCUT2D eigenvalue weighted by Gasteiger charge is 2.15. The molecule has 0 spiro atoms. The Hall–Kier alpha value is -2.10. The van der Waals surface area contributed by atoms with E-state index in [4.69, 9.17) is 4.74 Å². The summed E-state index contributed by atoms with van der Waals surface area (Å²) in [7, 11) is 1.66. The molecule has 0 saturated heterocycles. The lowest BCUT2D eigenvalue weighted by atomic mass is 10.0.